The van der Waals surface area contributed by atoms with Gasteiger partial charge >= 0.3 is 0 Å². The predicted molar refractivity (Wildman–Crippen MR) is 77.3 cm³/mol. The maximum Gasteiger partial charge on any atom is 0.123 e. The Labute approximate surface area is 116 Å². The summed E-state index contributed by atoms with van der Waals surface area (Å²) in [7, 11) is 0. The fourth-order valence-corrected chi connectivity index (χ4v) is 2.67. The molecule has 1 heterocycles. The van der Waals surface area contributed by atoms with Crippen LogP contribution in [0.2, 0.25) is 0 Å². The van der Waals surface area contributed by atoms with Gasteiger partial charge in [-0.1, -0.05) is 25.1 Å². The van der Waals surface area contributed by atoms with E-state index in [1.54, 1.807) is 0 Å². The van der Waals surface area contributed by atoms with Crippen molar-refractivity contribution in [1.29, 1.82) is 0 Å². The van der Waals surface area contributed by atoms with Crippen molar-refractivity contribution < 1.29 is 9.84 Å². The third kappa shape index (κ3) is 4.22. The molecule has 0 spiro atoms. The zero-order valence-electron chi connectivity index (χ0n) is 11.8. The van der Waals surface area contributed by atoms with E-state index in [0.717, 1.165) is 44.8 Å². The molecule has 0 amide bonds. The van der Waals surface area contributed by atoms with Crippen LogP contribution in [0.5, 0.6) is 5.75 Å². The first-order valence-corrected chi connectivity index (χ1v) is 7.37. The fraction of sp³-hybridized carbons (Fsp3) is 0.625. The summed E-state index contributed by atoms with van der Waals surface area (Å²) in [5.74, 6) is 1.45. The van der Waals surface area contributed by atoms with Crippen molar-refractivity contribution in [2.24, 2.45) is 5.92 Å². The second kappa shape index (κ2) is 7.51. The molecule has 1 unspecified atom stereocenters. The third-order valence-corrected chi connectivity index (χ3v) is 3.69. The Morgan fingerprint density at radius 3 is 3.00 bits per heavy atom. The average molecular weight is 263 g/mol. The highest BCUT2D eigenvalue weighted by atomic mass is 16.5. The van der Waals surface area contributed by atoms with Crippen LogP contribution < -0.4 is 4.74 Å². The van der Waals surface area contributed by atoms with Gasteiger partial charge in [-0.25, -0.2) is 0 Å². The SMILES string of the molecule is CCCOc1ccccc1CN1CCCC(CO)C1. The fourth-order valence-electron chi connectivity index (χ4n) is 2.67. The van der Waals surface area contributed by atoms with Gasteiger partial charge in [0.05, 0.1) is 6.61 Å². The molecule has 1 atom stereocenters. The number of aliphatic hydroxyl groups excluding tert-OH is 1. The van der Waals surface area contributed by atoms with Crippen LogP contribution in [0, 0.1) is 5.92 Å². The predicted octanol–water partition coefficient (Wildman–Crippen LogP) is 2.68. The quantitative estimate of drug-likeness (QED) is 0.856. The van der Waals surface area contributed by atoms with Gasteiger partial charge in [0.2, 0.25) is 0 Å². The van der Waals surface area contributed by atoms with Gasteiger partial charge in [0.15, 0.2) is 0 Å². The molecule has 3 nitrogen and oxygen atoms in total. The van der Waals surface area contributed by atoms with E-state index in [9.17, 15) is 5.11 Å². The van der Waals surface area contributed by atoms with Crippen LogP contribution in [0.3, 0.4) is 0 Å². The first kappa shape index (κ1) is 14.4. The van der Waals surface area contributed by atoms with Crippen LogP contribution in [0.25, 0.3) is 0 Å². The van der Waals surface area contributed by atoms with Crippen LogP contribution >= 0.6 is 0 Å². The monoisotopic (exact) mass is 263 g/mol. The van der Waals surface area contributed by atoms with Crippen molar-refractivity contribution in [3.8, 4) is 5.75 Å². The van der Waals surface area contributed by atoms with E-state index in [1.807, 2.05) is 6.07 Å². The summed E-state index contributed by atoms with van der Waals surface area (Å²) in [5, 5.41) is 9.29. The minimum Gasteiger partial charge on any atom is -0.493 e. The summed E-state index contributed by atoms with van der Waals surface area (Å²) >= 11 is 0. The first-order valence-electron chi connectivity index (χ1n) is 7.37. The van der Waals surface area contributed by atoms with Crippen LogP contribution in [0.15, 0.2) is 24.3 Å². The van der Waals surface area contributed by atoms with Crippen molar-refractivity contribution in [3.63, 3.8) is 0 Å². The second-order valence-corrected chi connectivity index (χ2v) is 5.38. The molecule has 0 aromatic heterocycles. The van der Waals surface area contributed by atoms with Gasteiger partial charge in [-0.15, -0.1) is 0 Å². The second-order valence-electron chi connectivity index (χ2n) is 5.38. The van der Waals surface area contributed by atoms with Crippen LogP contribution in [-0.2, 0) is 6.54 Å². The molecular weight excluding hydrogens is 238 g/mol. The zero-order valence-corrected chi connectivity index (χ0v) is 11.8. The molecule has 1 N–H and O–H groups in total. The average Bonchev–Trinajstić information content (AvgIpc) is 2.46. The van der Waals surface area contributed by atoms with Crippen molar-refractivity contribution >= 4 is 0 Å². The van der Waals surface area contributed by atoms with Gasteiger partial charge in [0.25, 0.3) is 0 Å². The molecule has 1 aliphatic rings. The lowest BCUT2D eigenvalue weighted by atomic mass is 9.98. The molecule has 0 bridgehead atoms. The molecule has 1 aliphatic heterocycles. The molecule has 106 valence electrons. The third-order valence-electron chi connectivity index (χ3n) is 3.69. The number of likely N-dealkylation sites (tertiary alicyclic amines) is 1. The van der Waals surface area contributed by atoms with Gasteiger partial charge in [0, 0.05) is 25.3 Å². The molecular formula is C16H25NO2. The molecule has 0 radical (unpaired) electrons. The van der Waals surface area contributed by atoms with Gasteiger partial charge in [-0.05, 0) is 37.8 Å². The number of piperidine rings is 1. The highest BCUT2D eigenvalue weighted by molar-refractivity contribution is 5.33. The summed E-state index contributed by atoms with van der Waals surface area (Å²) in [6.45, 7) is 6.26. The van der Waals surface area contributed by atoms with E-state index in [-0.39, 0.29) is 0 Å². The molecule has 0 aliphatic carbocycles. The lowest BCUT2D eigenvalue weighted by molar-refractivity contribution is 0.115. The lowest BCUT2D eigenvalue weighted by Gasteiger charge is -2.32. The molecule has 2 rings (SSSR count). The Morgan fingerprint density at radius 2 is 2.21 bits per heavy atom. The maximum atomic E-state index is 9.29. The van der Waals surface area contributed by atoms with Gasteiger partial charge in [-0.2, -0.15) is 0 Å². The zero-order chi connectivity index (χ0) is 13.5. The Bertz CT molecular complexity index is 381. The van der Waals surface area contributed by atoms with E-state index in [0.29, 0.717) is 12.5 Å². The Morgan fingerprint density at radius 1 is 1.37 bits per heavy atom. The van der Waals surface area contributed by atoms with Crippen molar-refractivity contribution in [1.82, 2.24) is 4.90 Å². The number of benzene rings is 1. The smallest absolute Gasteiger partial charge is 0.123 e. The summed E-state index contributed by atoms with van der Waals surface area (Å²) in [6.07, 6.45) is 3.37. The number of aliphatic hydroxyl groups is 1. The van der Waals surface area contributed by atoms with Crippen LogP contribution in [-0.4, -0.2) is 36.3 Å². The van der Waals surface area contributed by atoms with Crippen molar-refractivity contribution in [3.05, 3.63) is 29.8 Å². The first-order chi connectivity index (χ1) is 9.33. The van der Waals surface area contributed by atoms with E-state index in [2.05, 4.69) is 30.0 Å². The standard InChI is InChI=1S/C16H25NO2/c1-2-10-19-16-8-4-3-7-15(16)12-17-9-5-6-14(11-17)13-18/h3-4,7-8,14,18H,2,5-6,9-13H2,1H3. The Balaban J connectivity index is 1.97. The Hall–Kier alpha value is -1.06. The Kier molecular flexibility index (Phi) is 5.67. The molecule has 0 saturated carbocycles. The molecule has 19 heavy (non-hydrogen) atoms. The number of hydrogen-bond donors (Lipinski definition) is 1. The number of nitrogens with zero attached hydrogens (tertiary/aromatic N) is 1. The lowest BCUT2D eigenvalue weighted by Crippen LogP contribution is -2.36. The molecule has 3 heteroatoms. The summed E-state index contributed by atoms with van der Waals surface area (Å²) in [4.78, 5) is 2.43. The van der Waals surface area contributed by atoms with Gasteiger partial charge in [-0.3, -0.25) is 4.90 Å². The summed E-state index contributed by atoms with van der Waals surface area (Å²) < 4.78 is 5.80. The highest BCUT2D eigenvalue weighted by Gasteiger charge is 2.20. The van der Waals surface area contributed by atoms with Gasteiger partial charge in [0.1, 0.15) is 5.75 Å². The summed E-state index contributed by atoms with van der Waals surface area (Å²) in [6, 6.07) is 8.30. The van der Waals surface area contributed by atoms with E-state index >= 15 is 0 Å². The van der Waals surface area contributed by atoms with E-state index in [4.69, 9.17) is 4.74 Å². The largest absolute Gasteiger partial charge is 0.493 e. The van der Waals surface area contributed by atoms with Gasteiger partial charge < -0.3 is 9.84 Å². The number of para-hydroxylation sites is 1. The number of rotatable bonds is 6. The van der Waals surface area contributed by atoms with E-state index in [1.165, 1.54) is 12.0 Å². The highest BCUT2D eigenvalue weighted by Crippen LogP contribution is 2.23. The van der Waals surface area contributed by atoms with Crippen LogP contribution in [0.1, 0.15) is 31.7 Å². The number of ether oxygens (including phenoxy) is 1. The summed E-state index contributed by atoms with van der Waals surface area (Å²) in [5.41, 5.74) is 1.26. The van der Waals surface area contributed by atoms with Crippen molar-refractivity contribution in [2.45, 2.75) is 32.7 Å². The normalized spacial score (nSPS) is 20.4. The minimum atomic E-state index is 0.310. The molecule has 1 saturated heterocycles. The minimum absolute atomic E-state index is 0.310. The van der Waals surface area contributed by atoms with Crippen LogP contribution in [0.4, 0.5) is 0 Å². The molecule has 1 aromatic carbocycles. The molecule has 1 aromatic rings. The van der Waals surface area contributed by atoms with E-state index < -0.39 is 0 Å². The topological polar surface area (TPSA) is 32.7 Å². The maximum absolute atomic E-state index is 9.29. The van der Waals surface area contributed by atoms with Crippen molar-refractivity contribution in [2.75, 3.05) is 26.3 Å². The number of hydrogen-bond acceptors (Lipinski definition) is 3. The molecule has 1 fully saturated rings.